The van der Waals surface area contributed by atoms with Crippen LogP contribution in [0.3, 0.4) is 0 Å². The Morgan fingerprint density at radius 1 is 1.13 bits per heavy atom. The van der Waals surface area contributed by atoms with Crippen molar-refractivity contribution in [2.75, 3.05) is 18.4 Å². The Hall–Kier alpha value is -2.49. The molecule has 2 aromatic carbocycles. The third-order valence-corrected chi connectivity index (χ3v) is 7.17. The number of rotatable bonds is 5. The van der Waals surface area contributed by atoms with Crippen molar-refractivity contribution in [3.63, 3.8) is 0 Å². The number of anilines is 1. The molecule has 1 aromatic heterocycles. The van der Waals surface area contributed by atoms with Crippen molar-refractivity contribution in [1.82, 2.24) is 13.9 Å². The molecule has 0 bridgehead atoms. The normalized spacial score (nSPS) is 19.9. The molecule has 0 saturated carbocycles. The molecule has 1 fully saturated rings. The number of aryl methyl sites for hydroxylation is 1. The molecule has 0 aliphatic carbocycles. The molecule has 3 aromatic rings. The molecule has 2 unspecified atom stereocenters. The van der Waals surface area contributed by atoms with Gasteiger partial charge < -0.3 is 9.88 Å². The van der Waals surface area contributed by atoms with E-state index in [1.807, 2.05) is 0 Å². The molecule has 2 heterocycles. The summed E-state index contributed by atoms with van der Waals surface area (Å²) in [5.41, 5.74) is 1.26. The smallest absolute Gasteiger partial charge is 0.262 e. The van der Waals surface area contributed by atoms with Gasteiger partial charge in [-0.3, -0.25) is 0 Å². The summed E-state index contributed by atoms with van der Waals surface area (Å²) in [5.74, 6) is -1.22. The third kappa shape index (κ3) is 4.05. The van der Waals surface area contributed by atoms with E-state index in [2.05, 4.69) is 10.3 Å². The summed E-state index contributed by atoms with van der Waals surface area (Å²) < 4.78 is 56.3. The average molecular weight is 453 g/mol. The number of hydrogen-bond acceptors (Lipinski definition) is 4. The Morgan fingerprint density at radius 3 is 2.50 bits per heavy atom. The van der Waals surface area contributed by atoms with Gasteiger partial charge in [0, 0.05) is 44.0 Å². The first-order chi connectivity index (χ1) is 14.2. The topological polar surface area (TPSA) is 67.2 Å². The lowest BCUT2D eigenvalue weighted by Gasteiger charge is -2.21. The highest BCUT2D eigenvalue weighted by atomic mass is 35.5. The van der Waals surface area contributed by atoms with Gasteiger partial charge in [0.05, 0.1) is 11.3 Å². The number of nitrogens with zero attached hydrogens (tertiary/aromatic N) is 3. The lowest BCUT2D eigenvalue weighted by atomic mass is 9.94. The second kappa shape index (κ2) is 7.98. The van der Waals surface area contributed by atoms with Crippen molar-refractivity contribution >= 4 is 27.3 Å². The third-order valence-electron chi connectivity index (χ3n) is 5.14. The molecule has 1 saturated heterocycles. The van der Waals surface area contributed by atoms with Gasteiger partial charge in [-0.2, -0.15) is 4.31 Å². The summed E-state index contributed by atoms with van der Waals surface area (Å²) in [6, 6.07) is 9.90. The molecule has 158 valence electrons. The van der Waals surface area contributed by atoms with Gasteiger partial charge in [-0.05, 0) is 35.9 Å². The quantitative estimate of drug-likeness (QED) is 0.642. The van der Waals surface area contributed by atoms with E-state index in [0.29, 0.717) is 5.69 Å². The molecule has 2 atom stereocenters. The minimum atomic E-state index is -3.81. The highest BCUT2D eigenvalue weighted by Crippen LogP contribution is 2.33. The van der Waals surface area contributed by atoms with E-state index in [4.69, 9.17) is 11.6 Å². The van der Waals surface area contributed by atoms with Crippen LogP contribution < -0.4 is 5.32 Å². The van der Waals surface area contributed by atoms with Gasteiger partial charge in [0.2, 0.25) is 0 Å². The number of halogens is 3. The zero-order valence-corrected chi connectivity index (χ0v) is 17.5. The molecule has 0 spiro atoms. The van der Waals surface area contributed by atoms with Gasteiger partial charge in [-0.1, -0.05) is 23.7 Å². The Balaban J connectivity index is 1.66. The van der Waals surface area contributed by atoms with E-state index < -0.39 is 15.8 Å². The first kappa shape index (κ1) is 20.8. The van der Waals surface area contributed by atoms with E-state index in [1.54, 1.807) is 29.8 Å². The second-order valence-electron chi connectivity index (χ2n) is 7.24. The fourth-order valence-corrected chi connectivity index (χ4v) is 5.19. The molecule has 1 aliphatic rings. The minimum absolute atomic E-state index is 0.00131. The number of sulfonamides is 1. The van der Waals surface area contributed by atoms with E-state index >= 15 is 0 Å². The van der Waals surface area contributed by atoms with Crippen molar-refractivity contribution in [3.05, 3.63) is 77.2 Å². The molecule has 6 nitrogen and oxygen atoms in total. The molecular weight excluding hydrogens is 434 g/mol. The minimum Gasteiger partial charge on any atom is -0.380 e. The van der Waals surface area contributed by atoms with Crippen LogP contribution in [0, 0.1) is 11.6 Å². The van der Waals surface area contributed by atoms with Crippen LogP contribution in [0.25, 0.3) is 0 Å². The fraction of sp³-hybridized carbons (Fsp3) is 0.250. The maximum absolute atomic E-state index is 13.9. The summed E-state index contributed by atoms with van der Waals surface area (Å²) in [6.07, 6.45) is 2.87. The van der Waals surface area contributed by atoms with Gasteiger partial charge >= 0.3 is 0 Å². The van der Waals surface area contributed by atoms with Crippen molar-refractivity contribution in [2.45, 2.75) is 17.0 Å². The predicted molar refractivity (Wildman–Crippen MR) is 110 cm³/mol. The van der Waals surface area contributed by atoms with E-state index in [0.717, 1.165) is 5.56 Å². The van der Waals surface area contributed by atoms with Crippen molar-refractivity contribution < 1.29 is 17.2 Å². The summed E-state index contributed by atoms with van der Waals surface area (Å²) in [4.78, 5) is 3.97. The number of hydrogen-bond donors (Lipinski definition) is 1. The predicted octanol–water partition coefficient (Wildman–Crippen LogP) is 3.62. The Labute approximate surface area is 178 Å². The molecule has 30 heavy (non-hydrogen) atoms. The van der Waals surface area contributed by atoms with Crippen LogP contribution in [0.15, 0.2) is 60.0 Å². The van der Waals surface area contributed by atoms with Gasteiger partial charge in [0.25, 0.3) is 10.0 Å². The zero-order valence-electron chi connectivity index (χ0n) is 16.0. The molecule has 0 radical (unpaired) electrons. The van der Waals surface area contributed by atoms with E-state index in [9.17, 15) is 17.2 Å². The number of aromatic nitrogens is 2. The molecule has 0 amide bonds. The average Bonchev–Trinajstić information content (AvgIpc) is 3.33. The number of imidazole rings is 1. The summed E-state index contributed by atoms with van der Waals surface area (Å²) >= 11 is 5.75. The first-order valence-electron chi connectivity index (χ1n) is 9.19. The van der Waals surface area contributed by atoms with E-state index in [1.165, 1.54) is 41.1 Å². The summed E-state index contributed by atoms with van der Waals surface area (Å²) in [5, 5.41) is 3.17. The zero-order chi connectivity index (χ0) is 21.5. The van der Waals surface area contributed by atoms with Crippen LogP contribution in [-0.2, 0) is 17.1 Å². The van der Waals surface area contributed by atoms with Crippen molar-refractivity contribution in [3.8, 4) is 0 Å². The Kier molecular flexibility index (Phi) is 5.52. The van der Waals surface area contributed by atoms with Gasteiger partial charge in [0.15, 0.2) is 5.03 Å². The van der Waals surface area contributed by atoms with Crippen LogP contribution in [0.4, 0.5) is 14.5 Å². The number of nitrogens with one attached hydrogen (secondary N) is 1. The van der Waals surface area contributed by atoms with Crippen LogP contribution >= 0.6 is 11.6 Å². The molecule has 10 heteroatoms. The lowest BCUT2D eigenvalue weighted by molar-refractivity contribution is 0.468. The molecule has 1 N–H and O–H groups in total. The monoisotopic (exact) mass is 452 g/mol. The maximum atomic E-state index is 13.9. The first-order valence-corrected chi connectivity index (χ1v) is 11.0. The van der Waals surface area contributed by atoms with Gasteiger partial charge in [0.1, 0.15) is 11.6 Å². The summed E-state index contributed by atoms with van der Waals surface area (Å²) in [6.45, 7) is 0.323. The molecular formula is C20H19ClF2N4O2S. The van der Waals surface area contributed by atoms with Crippen LogP contribution in [0.1, 0.15) is 11.5 Å². The highest BCUT2D eigenvalue weighted by Gasteiger charge is 2.41. The van der Waals surface area contributed by atoms with Crippen molar-refractivity contribution in [1.29, 1.82) is 0 Å². The second-order valence-corrected chi connectivity index (χ2v) is 9.53. The fourth-order valence-electron chi connectivity index (χ4n) is 3.61. The standard InChI is InChI=1S/C20H19ClF2N4O2S/c1-26-11-20(24-12-26)30(28,29)27-9-16(13-2-4-14(22)5-3-13)19(10-27)25-15-6-7-17(21)18(23)8-15/h2-8,11-12,16,19,25H,9-10H2,1H3. The Bertz CT molecular complexity index is 1170. The van der Waals surface area contributed by atoms with Crippen LogP contribution in [0.5, 0.6) is 0 Å². The van der Waals surface area contributed by atoms with Crippen molar-refractivity contribution in [2.24, 2.45) is 7.05 Å². The molecule has 1 aliphatic heterocycles. The lowest BCUT2D eigenvalue weighted by Crippen LogP contribution is -2.32. The summed E-state index contributed by atoms with van der Waals surface area (Å²) in [7, 11) is -2.12. The van der Waals surface area contributed by atoms with Crippen LogP contribution in [-0.4, -0.2) is 41.4 Å². The largest absolute Gasteiger partial charge is 0.380 e. The SMILES string of the molecule is Cn1cnc(S(=O)(=O)N2CC(Nc3ccc(Cl)c(F)c3)C(c3ccc(F)cc3)C2)c1. The maximum Gasteiger partial charge on any atom is 0.262 e. The van der Waals surface area contributed by atoms with E-state index in [-0.39, 0.29) is 40.9 Å². The van der Waals surface area contributed by atoms with Crippen LogP contribution in [0.2, 0.25) is 5.02 Å². The van der Waals surface area contributed by atoms with Gasteiger partial charge in [-0.15, -0.1) is 0 Å². The molecule has 4 rings (SSSR count). The Morgan fingerprint density at radius 2 is 1.87 bits per heavy atom. The van der Waals surface area contributed by atoms with Gasteiger partial charge in [-0.25, -0.2) is 22.2 Å². The number of benzene rings is 2. The highest BCUT2D eigenvalue weighted by molar-refractivity contribution is 7.89.